The van der Waals surface area contributed by atoms with Crippen LogP contribution in [0.25, 0.3) is 0 Å². The van der Waals surface area contributed by atoms with Gasteiger partial charge in [0.1, 0.15) is 5.76 Å². The number of aromatic nitrogens is 1. The molecule has 5 nitrogen and oxygen atoms in total. The average Bonchev–Trinajstić information content (AvgIpc) is 2.85. The van der Waals surface area contributed by atoms with Gasteiger partial charge in [-0.25, -0.2) is 4.98 Å². The molecule has 0 aromatic carbocycles. The smallest absolute Gasteiger partial charge is 0.239 e. The SMILES string of the molecule is CCc1cnc(CNC(C)C(=O)N(CC)CC)o1. The van der Waals surface area contributed by atoms with Crippen LogP contribution in [0.2, 0.25) is 0 Å². The van der Waals surface area contributed by atoms with Gasteiger partial charge >= 0.3 is 0 Å². The lowest BCUT2D eigenvalue weighted by atomic mass is 10.3. The molecule has 1 N–H and O–H groups in total. The first-order valence-electron chi connectivity index (χ1n) is 6.58. The molecule has 1 aromatic rings. The van der Waals surface area contributed by atoms with Gasteiger partial charge in [-0.1, -0.05) is 6.92 Å². The molecule has 18 heavy (non-hydrogen) atoms. The highest BCUT2D eigenvalue weighted by Gasteiger charge is 2.18. The molecule has 0 radical (unpaired) electrons. The van der Waals surface area contributed by atoms with E-state index in [4.69, 9.17) is 4.42 Å². The monoisotopic (exact) mass is 253 g/mol. The van der Waals surface area contributed by atoms with Crippen molar-refractivity contribution >= 4 is 5.91 Å². The van der Waals surface area contributed by atoms with Crippen molar-refractivity contribution in [2.24, 2.45) is 0 Å². The molecule has 0 aliphatic heterocycles. The Balaban J connectivity index is 2.45. The third-order valence-electron chi connectivity index (χ3n) is 2.95. The minimum Gasteiger partial charge on any atom is -0.444 e. The molecular weight excluding hydrogens is 230 g/mol. The Bertz CT molecular complexity index is 372. The Morgan fingerprint density at radius 3 is 2.61 bits per heavy atom. The fourth-order valence-electron chi connectivity index (χ4n) is 1.73. The van der Waals surface area contributed by atoms with Gasteiger partial charge in [0.15, 0.2) is 0 Å². The Hall–Kier alpha value is -1.36. The highest BCUT2D eigenvalue weighted by molar-refractivity contribution is 5.81. The second kappa shape index (κ2) is 7.16. The number of nitrogens with zero attached hydrogens (tertiary/aromatic N) is 2. The Kier molecular flexibility index (Phi) is 5.85. The molecule has 1 aromatic heterocycles. The second-order valence-electron chi connectivity index (χ2n) is 4.19. The second-order valence-corrected chi connectivity index (χ2v) is 4.19. The average molecular weight is 253 g/mol. The van der Waals surface area contributed by atoms with Crippen LogP contribution in [0, 0.1) is 0 Å². The topological polar surface area (TPSA) is 58.4 Å². The minimum atomic E-state index is -0.220. The van der Waals surface area contributed by atoms with E-state index >= 15 is 0 Å². The van der Waals surface area contributed by atoms with E-state index in [-0.39, 0.29) is 11.9 Å². The van der Waals surface area contributed by atoms with Crippen LogP contribution in [0.1, 0.15) is 39.3 Å². The molecular formula is C13H23N3O2. The molecule has 0 spiro atoms. The van der Waals surface area contributed by atoms with Gasteiger partial charge in [0.05, 0.1) is 18.8 Å². The number of aryl methyl sites for hydroxylation is 1. The number of carbonyl (C=O) groups is 1. The predicted octanol–water partition coefficient (Wildman–Crippen LogP) is 1.58. The fourth-order valence-corrected chi connectivity index (χ4v) is 1.73. The van der Waals surface area contributed by atoms with E-state index in [1.54, 1.807) is 6.20 Å². The summed E-state index contributed by atoms with van der Waals surface area (Å²) in [5, 5.41) is 3.14. The summed E-state index contributed by atoms with van der Waals surface area (Å²) in [6.07, 6.45) is 2.56. The number of likely N-dealkylation sites (N-methyl/N-ethyl adjacent to an activating group) is 1. The molecule has 0 saturated carbocycles. The lowest BCUT2D eigenvalue weighted by Gasteiger charge is -2.23. The molecule has 0 aliphatic carbocycles. The van der Waals surface area contributed by atoms with Crippen molar-refractivity contribution in [3.63, 3.8) is 0 Å². The molecule has 0 fully saturated rings. The number of hydrogen-bond donors (Lipinski definition) is 1. The Labute approximate surface area is 109 Å². The van der Waals surface area contributed by atoms with E-state index < -0.39 is 0 Å². The molecule has 1 rings (SSSR count). The third kappa shape index (κ3) is 3.84. The van der Waals surface area contributed by atoms with Gasteiger partial charge in [0, 0.05) is 19.5 Å². The third-order valence-corrected chi connectivity index (χ3v) is 2.95. The van der Waals surface area contributed by atoms with Gasteiger partial charge in [-0.2, -0.15) is 0 Å². The van der Waals surface area contributed by atoms with Crippen molar-refractivity contribution in [2.45, 2.75) is 46.7 Å². The van der Waals surface area contributed by atoms with Crippen LogP contribution in [-0.4, -0.2) is 34.9 Å². The van der Waals surface area contributed by atoms with Gasteiger partial charge in [0.25, 0.3) is 0 Å². The highest BCUT2D eigenvalue weighted by atomic mass is 16.4. The zero-order valence-corrected chi connectivity index (χ0v) is 11.7. The van der Waals surface area contributed by atoms with Crippen LogP contribution in [0.3, 0.4) is 0 Å². The number of nitrogens with one attached hydrogen (secondary N) is 1. The quantitative estimate of drug-likeness (QED) is 0.801. The Morgan fingerprint density at radius 2 is 2.11 bits per heavy atom. The lowest BCUT2D eigenvalue weighted by Crippen LogP contribution is -2.44. The normalized spacial score (nSPS) is 12.4. The maximum atomic E-state index is 12.0. The summed E-state index contributed by atoms with van der Waals surface area (Å²) < 4.78 is 5.48. The van der Waals surface area contributed by atoms with Gasteiger partial charge in [-0.15, -0.1) is 0 Å². The summed E-state index contributed by atoms with van der Waals surface area (Å²) >= 11 is 0. The molecule has 0 bridgehead atoms. The number of rotatable bonds is 7. The fraction of sp³-hybridized carbons (Fsp3) is 0.692. The molecule has 1 atom stereocenters. The number of hydrogen-bond acceptors (Lipinski definition) is 4. The highest BCUT2D eigenvalue weighted by Crippen LogP contribution is 2.04. The number of carbonyl (C=O) groups excluding carboxylic acids is 1. The van der Waals surface area contributed by atoms with Crippen molar-refractivity contribution in [3.05, 3.63) is 17.8 Å². The first-order valence-corrected chi connectivity index (χ1v) is 6.58. The largest absolute Gasteiger partial charge is 0.444 e. The van der Waals surface area contributed by atoms with Crippen molar-refractivity contribution in [3.8, 4) is 0 Å². The zero-order chi connectivity index (χ0) is 13.5. The zero-order valence-electron chi connectivity index (χ0n) is 11.7. The van der Waals surface area contributed by atoms with Gasteiger partial charge in [-0.3, -0.25) is 10.1 Å². The van der Waals surface area contributed by atoms with E-state index in [0.29, 0.717) is 12.4 Å². The minimum absolute atomic E-state index is 0.113. The van der Waals surface area contributed by atoms with Crippen LogP contribution in [-0.2, 0) is 17.8 Å². The van der Waals surface area contributed by atoms with Crippen molar-refractivity contribution in [2.75, 3.05) is 13.1 Å². The molecule has 1 amide bonds. The lowest BCUT2D eigenvalue weighted by molar-refractivity contribution is -0.132. The van der Waals surface area contributed by atoms with Crippen molar-refractivity contribution in [1.29, 1.82) is 0 Å². The molecule has 0 aliphatic rings. The van der Waals surface area contributed by atoms with Crippen LogP contribution < -0.4 is 5.32 Å². The molecule has 5 heteroatoms. The summed E-state index contributed by atoms with van der Waals surface area (Å²) in [6.45, 7) is 9.80. The summed E-state index contributed by atoms with van der Waals surface area (Å²) in [6, 6.07) is -0.220. The first-order chi connectivity index (χ1) is 8.62. The van der Waals surface area contributed by atoms with E-state index in [2.05, 4.69) is 10.3 Å². The van der Waals surface area contributed by atoms with Crippen LogP contribution in [0.5, 0.6) is 0 Å². The van der Waals surface area contributed by atoms with Gasteiger partial charge in [0.2, 0.25) is 11.8 Å². The van der Waals surface area contributed by atoms with Crippen LogP contribution in [0.15, 0.2) is 10.6 Å². The maximum absolute atomic E-state index is 12.0. The summed E-state index contributed by atoms with van der Waals surface area (Å²) in [4.78, 5) is 18.0. The van der Waals surface area contributed by atoms with Crippen molar-refractivity contribution in [1.82, 2.24) is 15.2 Å². The van der Waals surface area contributed by atoms with Crippen LogP contribution in [0.4, 0.5) is 0 Å². The summed E-state index contributed by atoms with van der Waals surface area (Å²) in [5.41, 5.74) is 0. The summed E-state index contributed by atoms with van der Waals surface area (Å²) in [7, 11) is 0. The number of amides is 1. The van der Waals surface area contributed by atoms with Crippen LogP contribution >= 0.6 is 0 Å². The Morgan fingerprint density at radius 1 is 1.44 bits per heavy atom. The molecule has 1 unspecified atom stereocenters. The molecule has 0 saturated heterocycles. The van der Waals surface area contributed by atoms with E-state index in [0.717, 1.165) is 25.3 Å². The standard InChI is InChI=1S/C13H23N3O2/c1-5-11-8-15-12(18-11)9-14-10(4)13(17)16(6-2)7-3/h8,10,14H,5-7,9H2,1-4H3. The van der Waals surface area contributed by atoms with Crippen molar-refractivity contribution < 1.29 is 9.21 Å². The molecule has 1 heterocycles. The number of oxazole rings is 1. The van der Waals surface area contributed by atoms with E-state index in [9.17, 15) is 4.79 Å². The molecule has 102 valence electrons. The summed E-state index contributed by atoms with van der Waals surface area (Å²) in [5.74, 6) is 1.61. The predicted molar refractivity (Wildman–Crippen MR) is 70.1 cm³/mol. The van der Waals surface area contributed by atoms with Gasteiger partial charge in [-0.05, 0) is 20.8 Å². The maximum Gasteiger partial charge on any atom is 0.239 e. The van der Waals surface area contributed by atoms with E-state index in [1.165, 1.54) is 0 Å². The van der Waals surface area contributed by atoms with E-state index in [1.807, 2.05) is 32.6 Å². The first kappa shape index (κ1) is 14.7. The van der Waals surface area contributed by atoms with Gasteiger partial charge < -0.3 is 9.32 Å².